The minimum absolute atomic E-state index is 0.0266. The number of hydrogen-bond acceptors (Lipinski definition) is 12. The van der Waals surface area contributed by atoms with Crippen LogP contribution in [0.5, 0.6) is 0 Å². The maximum Gasteiger partial charge on any atom is 0.294 e. The molecule has 2 aromatic rings. The van der Waals surface area contributed by atoms with Gasteiger partial charge in [0.1, 0.15) is 12.3 Å². The third-order valence-corrected chi connectivity index (χ3v) is 14.7. The minimum atomic E-state index is -4.60. The lowest BCUT2D eigenvalue weighted by molar-refractivity contribution is -0.438. The molecule has 4 N–H and O–H groups in total. The molecule has 4 rings (SSSR count). The summed E-state index contributed by atoms with van der Waals surface area (Å²) in [6, 6.07) is 8.48. The predicted molar refractivity (Wildman–Crippen MR) is 243 cm³/mol. The van der Waals surface area contributed by atoms with E-state index in [-0.39, 0.29) is 47.9 Å². The predicted octanol–water partition coefficient (Wildman–Crippen LogP) is 6.02. The van der Waals surface area contributed by atoms with Gasteiger partial charge in [-0.15, -0.1) is 0 Å². The summed E-state index contributed by atoms with van der Waals surface area (Å²) in [7, 11) is -16.3. The molecule has 0 aliphatic carbocycles. The molecule has 2 unspecified atom stereocenters. The molecule has 0 saturated heterocycles. The first-order valence-corrected chi connectivity index (χ1v) is 26.8. The fourth-order valence-corrected chi connectivity index (χ4v) is 10.3. The second-order valence-electron chi connectivity index (χ2n) is 16.2. The van der Waals surface area contributed by atoms with Crippen molar-refractivity contribution in [3.05, 3.63) is 95.8 Å². The molecule has 0 saturated carbocycles. The third-order valence-electron chi connectivity index (χ3n) is 11.4. The van der Waals surface area contributed by atoms with Crippen LogP contribution in [0.3, 0.4) is 0 Å². The Hall–Kier alpha value is -3.90. The van der Waals surface area contributed by atoms with E-state index in [2.05, 4.69) is 0 Å². The second kappa shape index (κ2) is 22.1. The molecular weight excluding hydrogens is 913 g/mol. The standard InChI is InChI=1S/C43H58N2O15S4/c1-33(46)15-9-8-12-24-44-38-20-18-34(63(53,54)55)31-36(38)42(2,22-13-29-61(47,48)49)40(44)16-10-6-5-7-11-17-41-43(3,23-14-30-62(50,51)52)37-32-35(64(56,57)58)19-21-39(37)45(41)25-26-60-28-27-59-4/h5-7,10-11,16-21,31-32H,8-9,12-15,22-30H2,1-4H3,(H3-,47,48,49,50,51,52,53,54,55,56,57,58)/p+1. The minimum Gasteiger partial charge on any atom is -0.382 e. The molecule has 0 aromatic heterocycles. The molecule has 2 heterocycles. The largest absolute Gasteiger partial charge is 0.382 e. The average molecular weight is 972 g/mol. The number of methoxy groups -OCH3 is 1. The monoisotopic (exact) mass is 971 g/mol. The van der Waals surface area contributed by atoms with Crippen LogP contribution < -0.4 is 4.90 Å². The highest BCUT2D eigenvalue weighted by atomic mass is 32.2. The van der Waals surface area contributed by atoms with Gasteiger partial charge in [0.05, 0.1) is 46.5 Å². The Labute approximate surface area is 377 Å². The van der Waals surface area contributed by atoms with Crippen LogP contribution in [0.4, 0.5) is 11.4 Å². The molecule has 2 aromatic carbocycles. The summed E-state index contributed by atoms with van der Waals surface area (Å²) in [4.78, 5) is 12.8. The van der Waals surface area contributed by atoms with Crippen LogP contribution in [0.25, 0.3) is 0 Å². The van der Waals surface area contributed by atoms with E-state index in [1.54, 1.807) is 55.7 Å². The van der Waals surface area contributed by atoms with Crippen molar-refractivity contribution in [2.24, 2.45) is 0 Å². The van der Waals surface area contributed by atoms with E-state index in [0.717, 1.165) is 6.42 Å². The number of carbonyl (C=O) groups is 1. The van der Waals surface area contributed by atoms with Gasteiger partial charge in [0.15, 0.2) is 5.71 Å². The maximum absolute atomic E-state index is 12.2. The summed E-state index contributed by atoms with van der Waals surface area (Å²) < 4.78 is 148. The van der Waals surface area contributed by atoms with Crippen molar-refractivity contribution in [2.75, 3.05) is 56.4 Å². The Morgan fingerprint density at radius 2 is 1.28 bits per heavy atom. The molecule has 0 fully saturated rings. The van der Waals surface area contributed by atoms with Gasteiger partial charge >= 0.3 is 0 Å². The van der Waals surface area contributed by atoms with E-state index in [4.69, 9.17) is 9.47 Å². The van der Waals surface area contributed by atoms with Crippen molar-refractivity contribution in [2.45, 2.75) is 92.8 Å². The first kappa shape index (κ1) is 52.7. The highest BCUT2D eigenvalue weighted by molar-refractivity contribution is 7.86. The quantitative estimate of drug-likeness (QED) is 0.0364. The van der Waals surface area contributed by atoms with Crippen LogP contribution in [0.1, 0.15) is 83.3 Å². The van der Waals surface area contributed by atoms with Crippen LogP contribution in [-0.2, 0) is 65.6 Å². The fraction of sp³-hybridized carbons (Fsp3) is 0.488. The van der Waals surface area contributed by atoms with Gasteiger partial charge in [0, 0.05) is 61.0 Å². The zero-order valence-corrected chi connectivity index (χ0v) is 39.7. The summed E-state index contributed by atoms with van der Waals surface area (Å²) in [6.07, 6.45) is 15.3. The van der Waals surface area contributed by atoms with Crippen molar-refractivity contribution in [3.8, 4) is 0 Å². The molecule has 0 radical (unpaired) electrons. The van der Waals surface area contributed by atoms with Crippen LogP contribution in [0.2, 0.25) is 0 Å². The van der Waals surface area contributed by atoms with Gasteiger partial charge in [-0.25, -0.2) is 0 Å². The van der Waals surface area contributed by atoms with Gasteiger partial charge in [-0.05, 0) is 101 Å². The SMILES string of the molecule is COCCOCCN1/C(=C/C=C/C=C/C=C/C2=[N+](CCCCCC(C)=O)c3ccc(S(=O)(=O)O)cc3C2(C)CCCS(=O)(=O)O)C(C)(CCCS(=O)(=O)O)c2cc(S(=O)(=O)O)ccc21. The molecule has 2 atom stereocenters. The Bertz CT molecular complexity index is 2640. The van der Waals surface area contributed by atoms with Gasteiger partial charge in [0.2, 0.25) is 5.69 Å². The number of unbranched alkanes of at least 4 members (excludes halogenated alkanes) is 2. The summed E-state index contributed by atoms with van der Waals surface area (Å²) >= 11 is 0. The second-order valence-corrected chi connectivity index (χ2v) is 22.2. The zero-order valence-electron chi connectivity index (χ0n) is 36.4. The van der Waals surface area contributed by atoms with Crippen molar-refractivity contribution < 1.29 is 70.7 Å². The topological polar surface area (TPSA) is 259 Å². The lowest BCUT2D eigenvalue weighted by atomic mass is 9.76. The van der Waals surface area contributed by atoms with Gasteiger partial charge in [-0.3, -0.25) is 18.2 Å². The van der Waals surface area contributed by atoms with Crippen LogP contribution >= 0.6 is 0 Å². The average Bonchev–Trinajstić information content (AvgIpc) is 3.55. The number of carbonyl (C=O) groups excluding carboxylic acids is 1. The van der Waals surface area contributed by atoms with Crippen LogP contribution in [0.15, 0.2) is 94.4 Å². The number of allylic oxidation sites excluding steroid dienone is 8. The van der Waals surface area contributed by atoms with Gasteiger partial charge < -0.3 is 19.2 Å². The van der Waals surface area contributed by atoms with E-state index in [0.29, 0.717) is 79.5 Å². The van der Waals surface area contributed by atoms with E-state index >= 15 is 0 Å². The summed E-state index contributed by atoms with van der Waals surface area (Å²) in [6.45, 7) is 6.92. The molecule has 2 aliphatic heterocycles. The summed E-state index contributed by atoms with van der Waals surface area (Å²) in [5.74, 6) is -0.976. The summed E-state index contributed by atoms with van der Waals surface area (Å²) in [5, 5.41) is 0. The molecule has 17 nitrogen and oxygen atoms in total. The molecule has 0 spiro atoms. The van der Waals surface area contributed by atoms with Crippen molar-refractivity contribution >= 4 is 63.3 Å². The Morgan fingerprint density at radius 3 is 1.88 bits per heavy atom. The zero-order chi connectivity index (χ0) is 47.6. The molecule has 21 heteroatoms. The van der Waals surface area contributed by atoms with Crippen LogP contribution in [0, 0.1) is 0 Å². The molecule has 0 amide bonds. The maximum atomic E-state index is 12.2. The molecule has 354 valence electrons. The van der Waals surface area contributed by atoms with E-state index < -0.39 is 62.8 Å². The van der Waals surface area contributed by atoms with E-state index in [1.807, 2.05) is 29.4 Å². The van der Waals surface area contributed by atoms with Crippen LogP contribution in [-0.4, -0.2) is 119 Å². The number of rotatable bonds is 26. The molecular formula is C43H59N2O15S4+. The lowest BCUT2D eigenvalue weighted by Gasteiger charge is -2.30. The van der Waals surface area contributed by atoms with Crippen molar-refractivity contribution in [3.63, 3.8) is 0 Å². The molecule has 2 aliphatic rings. The van der Waals surface area contributed by atoms with Gasteiger partial charge in [-0.1, -0.05) is 30.4 Å². The first-order valence-electron chi connectivity index (χ1n) is 20.7. The molecule has 0 bridgehead atoms. The fourth-order valence-electron chi connectivity index (χ4n) is 8.32. The van der Waals surface area contributed by atoms with Gasteiger partial charge in [-0.2, -0.15) is 38.2 Å². The summed E-state index contributed by atoms with van der Waals surface area (Å²) in [5.41, 5.74) is 1.79. The van der Waals surface area contributed by atoms with E-state index in [1.165, 1.54) is 31.2 Å². The van der Waals surface area contributed by atoms with Crippen molar-refractivity contribution in [1.82, 2.24) is 0 Å². The molecule has 64 heavy (non-hydrogen) atoms. The number of hydrogen-bond donors (Lipinski definition) is 4. The first-order chi connectivity index (χ1) is 29.8. The number of benzene rings is 2. The number of ketones is 1. The highest BCUT2D eigenvalue weighted by Crippen LogP contribution is 2.51. The Morgan fingerprint density at radius 1 is 0.703 bits per heavy atom. The third kappa shape index (κ3) is 14.3. The Kier molecular flexibility index (Phi) is 18.2. The number of ether oxygens (including phenoxy) is 2. The highest BCUT2D eigenvalue weighted by Gasteiger charge is 2.48. The smallest absolute Gasteiger partial charge is 0.294 e. The van der Waals surface area contributed by atoms with Gasteiger partial charge in [0.25, 0.3) is 40.5 Å². The number of anilines is 1. The number of fused-ring (bicyclic) bond motifs is 2. The Balaban J connectivity index is 1.74. The number of nitrogens with zero attached hydrogens (tertiary/aromatic N) is 2. The van der Waals surface area contributed by atoms with Crippen molar-refractivity contribution in [1.29, 1.82) is 0 Å². The van der Waals surface area contributed by atoms with E-state index in [9.17, 15) is 56.7 Å². The lowest BCUT2D eigenvalue weighted by Crippen LogP contribution is -2.32. The normalized spacial score (nSPS) is 20.1. The number of Topliss-reactive ketones (excluding diaryl/α,β-unsaturated/α-hetero) is 1.